The number of anilines is 1. The predicted octanol–water partition coefficient (Wildman–Crippen LogP) is 0.911. The standard InChI is InChI=1S/C6H9N3OS/c1-2-3-9(5-10)6-7-4-11-8-6/h4-5H,2-3H2,1H3. The molecule has 0 bridgehead atoms. The van der Waals surface area contributed by atoms with Crippen LogP contribution in [0.3, 0.4) is 0 Å². The van der Waals surface area contributed by atoms with Crippen LogP contribution in [-0.4, -0.2) is 22.3 Å². The van der Waals surface area contributed by atoms with Crippen LogP contribution < -0.4 is 4.90 Å². The van der Waals surface area contributed by atoms with Crippen molar-refractivity contribution < 1.29 is 4.79 Å². The van der Waals surface area contributed by atoms with Gasteiger partial charge in [0.2, 0.25) is 12.4 Å². The highest BCUT2D eigenvalue weighted by molar-refractivity contribution is 7.03. The minimum atomic E-state index is 0.506. The zero-order valence-electron chi connectivity index (χ0n) is 6.23. The van der Waals surface area contributed by atoms with E-state index in [0.29, 0.717) is 12.5 Å². The molecule has 1 rings (SSSR count). The number of amides is 1. The number of hydrogen-bond acceptors (Lipinski definition) is 4. The summed E-state index contributed by atoms with van der Waals surface area (Å²) in [5.74, 6) is 0.506. The number of hydrogen-bond donors (Lipinski definition) is 0. The second kappa shape index (κ2) is 4.02. The summed E-state index contributed by atoms with van der Waals surface area (Å²) in [7, 11) is 0. The Labute approximate surface area is 69.0 Å². The van der Waals surface area contributed by atoms with Crippen LogP contribution in [0.5, 0.6) is 0 Å². The quantitative estimate of drug-likeness (QED) is 0.632. The first-order valence-electron chi connectivity index (χ1n) is 3.36. The second-order valence-electron chi connectivity index (χ2n) is 2.03. The van der Waals surface area contributed by atoms with E-state index in [9.17, 15) is 4.79 Å². The maximum absolute atomic E-state index is 10.4. The van der Waals surface area contributed by atoms with Gasteiger partial charge in [0.1, 0.15) is 5.51 Å². The Kier molecular flexibility index (Phi) is 2.97. The lowest BCUT2D eigenvalue weighted by atomic mass is 10.4. The van der Waals surface area contributed by atoms with Crippen molar-refractivity contribution in [2.24, 2.45) is 0 Å². The van der Waals surface area contributed by atoms with E-state index in [1.54, 1.807) is 5.51 Å². The lowest BCUT2D eigenvalue weighted by Crippen LogP contribution is -2.22. The fourth-order valence-electron chi connectivity index (χ4n) is 0.732. The zero-order valence-corrected chi connectivity index (χ0v) is 7.04. The van der Waals surface area contributed by atoms with E-state index in [0.717, 1.165) is 12.8 Å². The zero-order chi connectivity index (χ0) is 8.10. The molecule has 5 heteroatoms. The monoisotopic (exact) mass is 171 g/mol. The van der Waals surface area contributed by atoms with Gasteiger partial charge in [-0.1, -0.05) is 6.92 Å². The molecule has 0 unspecified atom stereocenters. The molecule has 0 aliphatic heterocycles. The van der Waals surface area contributed by atoms with Gasteiger partial charge in [-0.15, -0.1) is 0 Å². The molecular formula is C6H9N3OS. The van der Waals surface area contributed by atoms with Crippen molar-refractivity contribution in [1.82, 2.24) is 9.36 Å². The topological polar surface area (TPSA) is 46.1 Å². The summed E-state index contributed by atoms with van der Waals surface area (Å²) in [4.78, 5) is 15.8. The Morgan fingerprint density at radius 2 is 2.64 bits per heavy atom. The largest absolute Gasteiger partial charge is 0.283 e. The lowest BCUT2D eigenvalue weighted by molar-refractivity contribution is -0.107. The van der Waals surface area contributed by atoms with Crippen LogP contribution in [0.25, 0.3) is 0 Å². The van der Waals surface area contributed by atoms with E-state index in [-0.39, 0.29) is 0 Å². The minimum Gasteiger partial charge on any atom is -0.283 e. The van der Waals surface area contributed by atoms with Gasteiger partial charge >= 0.3 is 0 Å². The molecule has 0 aliphatic rings. The van der Waals surface area contributed by atoms with Gasteiger partial charge in [0.05, 0.1) is 0 Å². The van der Waals surface area contributed by atoms with Crippen molar-refractivity contribution >= 4 is 23.9 Å². The third-order valence-electron chi connectivity index (χ3n) is 1.20. The van der Waals surface area contributed by atoms with E-state index in [4.69, 9.17) is 0 Å². The minimum absolute atomic E-state index is 0.506. The van der Waals surface area contributed by atoms with Gasteiger partial charge in [0, 0.05) is 6.54 Å². The van der Waals surface area contributed by atoms with Gasteiger partial charge in [-0.05, 0) is 18.0 Å². The van der Waals surface area contributed by atoms with Crippen molar-refractivity contribution in [3.63, 3.8) is 0 Å². The normalized spacial score (nSPS) is 9.55. The number of carbonyl (C=O) groups excluding carboxylic acids is 1. The average Bonchev–Trinajstić information content (AvgIpc) is 2.52. The Bertz CT molecular complexity index is 212. The van der Waals surface area contributed by atoms with Gasteiger partial charge in [0.25, 0.3) is 0 Å². The molecule has 11 heavy (non-hydrogen) atoms. The summed E-state index contributed by atoms with van der Waals surface area (Å²) in [6, 6.07) is 0. The second-order valence-corrected chi connectivity index (χ2v) is 2.63. The molecule has 0 saturated heterocycles. The molecule has 4 nitrogen and oxygen atoms in total. The van der Waals surface area contributed by atoms with E-state index in [1.807, 2.05) is 6.92 Å². The first kappa shape index (κ1) is 8.13. The SMILES string of the molecule is CCCN(C=O)c1ncsn1. The molecule has 0 spiro atoms. The summed E-state index contributed by atoms with van der Waals surface area (Å²) < 4.78 is 3.93. The molecule has 60 valence electrons. The highest BCUT2D eigenvalue weighted by atomic mass is 32.1. The maximum atomic E-state index is 10.4. The molecule has 0 N–H and O–H groups in total. The van der Waals surface area contributed by atoms with Crippen LogP contribution in [0.2, 0.25) is 0 Å². The first-order chi connectivity index (χ1) is 5.38. The predicted molar refractivity (Wildman–Crippen MR) is 43.6 cm³/mol. The molecule has 1 amide bonds. The van der Waals surface area contributed by atoms with Gasteiger partial charge in [0.15, 0.2) is 0 Å². The van der Waals surface area contributed by atoms with E-state index in [1.165, 1.54) is 16.4 Å². The molecule has 0 saturated carbocycles. The smallest absolute Gasteiger partial charge is 0.243 e. The molecule has 0 radical (unpaired) electrons. The van der Waals surface area contributed by atoms with Gasteiger partial charge in [-0.2, -0.15) is 4.37 Å². The summed E-state index contributed by atoms with van der Waals surface area (Å²) in [5, 5.41) is 0. The molecular weight excluding hydrogens is 162 g/mol. The van der Waals surface area contributed by atoms with Gasteiger partial charge in [-0.3, -0.25) is 9.69 Å². The number of aromatic nitrogens is 2. The summed E-state index contributed by atoms with van der Waals surface area (Å²) in [6.07, 6.45) is 1.67. The molecule has 1 aromatic rings. The first-order valence-corrected chi connectivity index (χ1v) is 4.20. The van der Waals surface area contributed by atoms with Crippen molar-refractivity contribution in [2.45, 2.75) is 13.3 Å². The fraction of sp³-hybridized carbons (Fsp3) is 0.500. The van der Waals surface area contributed by atoms with Crippen molar-refractivity contribution in [3.05, 3.63) is 5.51 Å². The van der Waals surface area contributed by atoms with Crippen molar-refractivity contribution in [2.75, 3.05) is 11.4 Å². The van der Waals surface area contributed by atoms with Crippen LogP contribution in [-0.2, 0) is 4.79 Å². The van der Waals surface area contributed by atoms with Crippen LogP contribution in [0.4, 0.5) is 5.95 Å². The van der Waals surface area contributed by atoms with E-state index < -0.39 is 0 Å². The maximum Gasteiger partial charge on any atom is 0.243 e. The highest BCUT2D eigenvalue weighted by Crippen LogP contribution is 2.06. The Morgan fingerprint density at radius 1 is 1.82 bits per heavy atom. The molecule has 1 heterocycles. The highest BCUT2D eigenvalue weighted by Gasteiger charge is 2.05. The molecule has 0 aromatic carbocycles. The lowest BCUT2D eigenvalue weighted by Gasteiger charge is -2.09. The van der Waals surface area contributed by atoms with Crippen LogP contribution in [0, 0.1) is 0 Å². The summed E-state index contributed by atoms with van der Waals surface area (Å²) in [6.45, 7) is 2.68. The van der Waals surface area contributed by atoms with Crippen LogP contribution >= 0.6 is 11.5 Å². The summed E-state index contributed by atoms with van der Waals surface area (Å²) in [5.41, 5.74) is 1.61. The molecule has 0 fully saturated rings. The number of rotatable bonds is 4. The Morgan fingerprint density at radius 3 is 3.09 bits per heavy atom. The molecule has 0 aliphatic carbocycles. The Balaban J connectivity index is 2.63. The van der Waals surface area contributed by atoms with Crippen LogP contribution in [0.1, 0.15) is 13.3 Å². The Hall–Kier alpha value is -0.970. The summed E-state index contributed by atoms with van der Waals surface area (Å²) >= 11 is 1.25. The number of carbonyl (C=O) groups is 1. The molecule has 1 aromatic heterocycles. The molecule has 0 atom stereocenters. The third-order valence-corrected chi connectivity index (χ3v) is 1.67. The van der Waals surface area contributed by atoms with Crippen molar-refractivity contribution in [1.29, 1.82) is 0 Å². The van der Waals surface area contributed by atoms with Crippen molar-refractivity contribution in [3.8, 4) is 0 Å². The van der Waals surface area contributed by atoms with Crippen LogP contribution in [0.15, 0.2) is 5.51 Å². The van der Waals surface area contributed by atoms with Gasteiger partial charge in [-0.25, -0.2) is 4.98 Å². The average molecular weight is 171 g/mol. The number of nitrogens with zero attached hydrogens (tertiary/aromatic N) is 3. The fourth-order valence-corrected chi connectivity index (χ4v) is 1.17. The third kappa shape index (κ3) is 1.98. The van der Waals surface area contributed by atoms with E-state index in [2.05, 4.69) is 9.36 Å². The van der Waals surface area contributed by atoms with E-state index >= 15 is 0 Å². The van der Waals surface area contributed by atoms with Gasteiger partial charge < -0.3 is 0 Å².